The van der Waals surface area contributed by atoms with E-state index in [9.17, 15) is 9.59 Å². The van der Waals surface area contributed by atoms with E-state index in [0.29, 0.717) is 42.3 Å². The number of anilines is 1. The number of hydrogen-bond acceptors (Lipinski definition) is 3. The third-order valence-electron chi connectivity index (χ3n) is 5.00. The van der Waals surface area contributed by atoms with Crippen molar-refractivity contribution in [1.29, 1.82) is 0 Å². The van der Waals surface area contributed by atoms with Gasteiger partial charge in [0.1, 0.15) is 0 Å². The van der Waals surface area contributed by atoms with Gasteiger partial charge < -0.3 is 15.4 Å². The van der Waals surface area contributed by atoms with Crippen molar-refractivity contribution in [3.05, 3.63) is 64.7 Å². The van der Waals surface area contributed by atoms with E-state index in [-0.39, 0.29) is 17.9 Å². The molecule has 1 aliphatic heterocycles. The van der Waals surface area contributed by atoms with E-state index in [4.69, 9.17) is 16.3 Å². The molecule has 0 aliphatic carbocycles. The maximum absolute atomic E-state index is 13.4. The van der Waals surface area contributed by atoms with Gasteiger partial charge in [-0.1, -0.05) is 41.9 Å². The molecule has 0 saturated carbocycles. The van der Waals surface area contributed by atoms with Crippen molar-refractivity contribution in [2.45, 2.75) is 38.1 Å². The van der Waals surface area contributed by atoms with Gasteiger partial charge in [-0.3, -0.25) is 9.59 Å². The van der Waals surface area contributed by atoms with E-state index in [1.807, 2.05) is 44.2 Å². The van der Waals surface area contributed by atoms with Crippen LogP contribution in [0.2, 0.25) is 5.02 Å². The molecule has 2 N–H and O–H groups in total. The summed E-state index contributed by atoms with van der Waals surface area (Å²) < 4.78 is 5.50. The number of ether oxygens (including phenoxy) is 1. The Morgan fingerprint density at radius 1 is 1.07 bits per heavy atom. The van der Waals surface area contributed by atoms with Crippen LogP contribution in [0.4, 0.5) is 5.69 Å². The molecule has 2 aromatic rings. The predicted octanol–water partition coefficient (Wildman–Crippen LogP) is 4.17. The standard InChI is InChI=1S/C22H25ClN2O3/c1-15(2)24-20(26)16-8-9-18(23)19(14-16)25-21(27)22(10-12-28-13-11-22)17-6-4-3-5-7-17/h3-9,14-15H,10-13H2,1-2H3,(H,24,26)(H,25,27). The first-order valence-corrected chi connectivity index (χ1v) is 9.85. The third-order valence-corrected chi connectivity index (χ3v) is 5.33. The second-order valence-electron chi connectivity index (χ2n) is 7.34. The summed E-state index contributed by atoms with van der Waals surface area (Å²) in [6.45, 7) is 4.83. The Kier molecular flexibility index (Phi) is 6.37. The third kappa shape index (κ3) is 4.37. The number of hydrogen-bond donors (Lipinski definition) is 2. The zero-order valence-electron chi connectivity index (χ0n) is 16.1. The number of benzene rings is 2. The largest absolute Gasteiger partial charge is 0.381 e. The first kappa shape index (κ1) is 20.4. The molecule has 148 valence electrons. The van der Waals surface area contributed by atoms with Gasteiger partial charge in [-0.15, -0.1) is 0 Å². The molecular formula is C22H25ClN2O3. The van der Waals surface area contributed by atoms with Gasteiger partial charge in [0, 0.05) is 24.8 Å². The van der Waals surface area contributed by atoms with Crippen molar-refractivity contribution in [3.8, 4) is 0 Å². The van der Waals surface area contributed by atoms with E-state index in [1.54, 1.807) is 18.2 Å². The monoisotopic (exact) mass is 400 g/mol. The molecule has 0 bridgehead atoms. The summed E-state index contributed by atoms with van der Waals surface area (Å²) in [7, 11) is 0. The lowest BCUT2D eigenvalue weighted by Gasteiger charge is -2.36. The van der Waals surface area contributed by atoms with Crippen LogP contribution >= 0.6 is 11.6 Å². The summed E-state index contributed by atoms with van der Waals surface area (Å²) in [5.74, 6) is -0.337. The molecule has 0 unspecified atom stereocenters. The number of nitrogens with one attached hydrogen (secondary N) is 2. The summed E-state index contributed by atoms with van der Waals surface area (Å²) >= 11 is 6.31. The Bertz CT molecular complexity index is 846. The molecule has 6 heteroatoms. The minimum Gasteiger partial charge on any atom is -0.381 e. The van der Waals surface area contributed by atoms with Crippen LogP contribution in [0.25, 0.3) is 0 Å². The molecule has 1 aliphatic rings. The minimum absolute atomic E-state index is 0.0183. The molecule has 0 atom stereocenters. The average Bonchev–Trinajstić information content (AvgIpc) is 2.70. The zero-order chi connectivity index (χ0) is 20.1. The van der Waals surface area contributed by atoms with E-state index >= 15 is 0 Å². The summed E-state index contributed by atoms with van der Waals surface area (Å²) in [5, 5.41) is 6.20. The van der Waals surface area contributed by atoms with Crippen molar-refractivity contribution in [3.63, 3.8) is 0 Å². The van der Waals surface area contributed by atoms with Crippen LogP contribution in [0.15, 0.2) is 48.5 Å². The molecule has 2 amide bonds. The van der Waals surface area contributed by atoms with Gasteiger partial charge in [0.15, 0.2) is 0 Å². The fourth-order valence-electron chi connectivity index (χ4n) is 3.47. The Morgan fingerprint density at radius 2 is 1.75 bits per heavy atom. The van der Waals surface area contributed by atoms with Gasteiger partial charge >= 0.3 is 0 Å². The van der Waals surface area contributed by atoms with Crippen LogP contribution < -0.4 is 10.6 Å². The van der Waals surface area contributed by atoms with E-state index in [2.05, 4.69) is 10.6 Å². The Hall–Kier alpha value is -2.37. The average molecular weight is 401 g/mol. The van der Waals surface area contributed by atoms with E-state index < -0.39 is 5.41 Å². The van der Waals surface area contributed by atoms with Crippen LogP contribution in [0.5, 0.6) is 0 Å². The summed E-state index contributed by atoms with van der Waals surface area (Å²) in [5.41, 5.74) is 1.17. The van der Waals surface area contributed by atoms with Crippen molar-refractivity contribution in [1.82, 2.24) is 5.32 Å². The van der Waals surface area contributed by atoms with Crippen LogP contribution in [0, 0.1) is 0 Å². The van der Waals surface area contributed by atoms with Crippen molar-refractivity contribution >= 4 is 29.1 Å². The molecule has 0 radical (unpaired) electrons. The maximum atomic E-state index is 13.4. The lowest BCUT2D eigenvalue weighted by Crippen LogP contribution is -2.44. The highest BCUT2D eigenvalue weighted by atomic mass is 35.5. The molecule has 28 heavy (non-hydrogen) atoms. The van der Waals surface area contributed by atoms with Crippen LogP contribution in [-0.2, 0) is 14.9 Å². The number of carbonyl (C=O) groups is 2. The normalized spacial score (nSPS) is 15.9. The van der Waals surface area contributed by atoms with Crippen molar-refractivity contribution in [2.24, 2.45) is 0 Å². The summed E-state index contributed by atoms with van der Waals surface area (Å²) in [6, 6.07) is 14.7. The Morgan fingerprint density at radius 3 is 2.39 bits per heavy atom. The lowest BCUT2D eigenvalue weighted by molar-refractivity contribution is -0.125. The molecular weight excluding hydrogens is 376 g/mol. The van der Waals surface area contributed by atoms with Gasteiger partial charge in [0.25, 0.3) is 5.91 Å². The van der Waals surface area contributed by atoms with Crippen LogP contribution in [0.3, 0.4) is 0 Å². The molecule has 5 nitrogen and oxygen atoms in total. The maximum Gasteiger partial charge on any atom is 0.251 e. The van der Waals surface area contributed by atoms with Gasteiger partial charge in [-0.2, -0.15) is 0 Å². The highest BCUT2D eigenvalue weighted by Gasteiger charge is 2.41. The second-order valence-corrected chi connectivity index (χ2v) is 7.74. The quantitative estimate of drug-likeness (QED) is 0.791. The SMILES string of the molecule is CC(C)NC(=O)c1ccc(Cl)c(NC(=O)C2(c3ccccc3)CCOCC2)c1. The second kappa shape index (κ2) is 8.76. The van der Waals surface area contributed by atoms with Crippen LogP contribution in [-0.4, -0.2) is 31.1 Å². The summed E-state index contributed by atoms with van der Waals surface area (Å²) in [4.78, 5) is 25.7. The molecule has 1 saturated heterocycles. The van der Waals surface area contributed by atoms with Crippen LogP contribution in [0.1, 0.15) is 42.6 Å². The van der Waals surface area contributed by atoms with E-state index in [1.165, 1.54) is 0 Å². The van der Waals surface area contributed by atoms with Gasteiger partial charge in [0.2, 0.25) is 5.91 Å². The molecule has 0 spiro atoms. The first-order chi connectivity index (χ1) is 13.4. The smallest absolute Gasteiger partial charge is 0.251 e. The highest BCUT2D eigenvalue weighted by molar-refractivity contribution is 6.34. The molecule has 1 fully saturated rings. The van der Waals surface area contributed by atoms with Gasteiger partial charge in [0.05, 0.1) is 16.1 Å². The van der Waals surface area contributed by atoms with Gasteiger partial charge in [-0.05, 0) is 50.5 Å². The number of halogens is 1. The number of carbonyl (C=O) groups excluding carboxylic acids is 2. The molecule has 1 heterocycles. The number of amides is 2. The zero-order valence-corrected chi connectivity index (χ0v) is 16.9. The fourth-order valence-corrected chi connectivity index (χ4v) is 3.64. The highest BCUT2D eigenvalue weighted by Crippen LogP contribution is 2.37. The minimum atomic E-state index is -0.682. The Balaban J connectivity index is 1.89. The summed E-state index contributed by atoms with van der Waals surface area (Å²) in [6.07, 6.45) is 1.18. The first-order valence-electron chi connectivity index (χ1n) is 9.47. The van der Waals surface area contributed by atoms with E-state index in [0.717, 1.165) is 5.56 Å². The van der Waals surface area contributed by atoms with Crippen molar-refractivity contribution in [2.75, 3.05) is 18.5 Å². The predicted molar refractivity (Wildman–Crippen MR) is 111 cm³/mol. The number of rotatable bonds is 5. The molecule has 3 rings (SSSR count). The topological polar surface area (TPSA) is 67.4 Å². The fraction of sp³-hybridized carbons (Fsp3) is 0.364. The molecule has 0 aromatic heterocycles. The lowest BCUT2D eigenvalue weighted by atomic mass is 9.73. The van der Waals surface area contributed by atoms with Crippen molar-refractivity contribution < 1.29 is 14.3 Å². The Labute approximate surface area is 170 Å². The van der Waals surface area contributed by atoms with Gasteiger partial charge in [-0.25, -0.2) is 0 Å². The molecule has 2 aromatic carbocycles.